The van der Waals surface area contributed by atoms with Crippen molar-refractivity contribution in [1.29, 1.82) is 0 Å². The Hall–Kier alpha value is -2.40. The van der Waals surface area contributed by atoms with E-state index < -0.39 is 0 Å². The van der Waals surface area contributed by atoms with Crippen molar-refractivity contribution in [3.05, 3.63) is 52.0 Å². The second-order valence-electron chi connectivity index (χ2n) is 6.62. The molecule has 0 saturated carbocycles. The third kappa shape index (κ3) is 3.98. The van der Waals surface area contributed by atoms with Crippen LogP contribution in [0, 0.1) is 6.92 Å². The zero-order valence-electron chi connectivity index (χ0n) is 16.0. The van der Waals surface area contributed by atoms with Crippen molar-refractivity contribution < 1.29 is 19.0 Å². The smallest absolute Gasteiger partial charge is 0.261 e. The van der Waals surface area contributed by atoms with E-state index in [0.29, 0.717) is 28.8 Å². The van der Waals surface area contributed by atoms with Crippen LogP contribution in [-0.2, 0) is 11.2 Å². The lowest BCUT2D eigenvalue weighted by Crippen LogP contribution is -2.41. The summed E-state index contributed by atoms with van der Waals surface area (Å²) in [6, 6.07) is 9.27. The quantitative estimate of drug-likeness (QED) is 0.769. The molecule has 0 fully saturated rings. The number of fused-ring (bicyclic) bond motifs is 1. The van der Waals surface area contributed by atoms with Crippen LogP contribution in [0.1, 0.15) is 29.7 Å². The van der Waals surface area contributed by atoms with Gasteiger partial charge in [-0.25, -0.2) is 0 Å². The van der Waals surface area contributed by atoms with Crippen LogP contribution in [0.2, 0.25) is 5.02 Å². The zero-order valence-corrected chi connectivity index (χ0v) is 16.8. The van der Waals surface area contributed by atoms with E-state index in [4.69, 9.17) is 25.8 Å². The van der Waals surface area contributed by atoms with Crippen molar-refractivity contribution in [2.45, 2.75) is 26.3 Å². The maximum absolute atomic E-state index is 12.8. The predicted molar refractivity (Wildman–Crippen MR) is 105 cm³/mol. The Balaban J connectivity index is 1.74. The molecule has 0 N–H and O–H groups in total. The maximum atomic E-state index is 12.8. The molecule has 3 rings (SSSR count). The Morgan fingerprint density at radius 2 is 1.85 bits per heavy atom. The summed E-state index contributed by atoms with van der Waals surface area (Å²) < 4.78 is 16.5. The van der Waals surface area contributed by atoms with E-state index in [-0.39, 0.29) is 18.6 Å². The highest BCUT2D eigenvalue weighted by atomic mass is 35.5. The lowest BCUT2D eigenvalue weighted by Gasteiger charge is -2.35. The Bertz CT molecular complexity index is 852. The third-order valence-corrected chi connectivity index (χ3v) is 5.23. The number of hydrogen-bond acceptors (Lipinski definition) is 4. The highest BCUT2D eigenvalue weighted by Gasteiger charge is 2.29. The Labute approximate surface area is 164 Å². The fourth-order valence-electron chi connectivity index (χ4n) is 3.48. The van der Waals surface area contributed by atoms with E-state index in [0.717, 1.165) is 17.5 Å². The SMILES string of the molecule is COc1cc2c(cc1OC)[C@H](C)N(C(=O)COc1ccc(Cl)cc1C)CC2. The van der Waals surface area contributed by atoms with E-state index in [2.05, 4.69) is 0 Å². The van der Waals surface area contributed by atoms with Crippen LogP contribution < -0.4 is 14.2 Å². The molecule has 27 heavy (non-hydrogen) atoms. The van der Waals surface area contributed by atoms with Gasteiger partial charge in [-0.05, 0) is 67.3 Å². The number of amides is 1. The number of methoxy groups -OCH3 is 2. The van der Waals surface area contributed by atoms with Gasteiger partial charge < -0.3 is 19.1 Å². The zero-order chi connectivity index (χ0) is 19.6. The highest BCUT2D eigenvalue weighted by molar-refractivity contribution is 6.30. The summed E-state index contributed by atoms with van der Waals surface area (Å²) >= 11 is 5.96. The largest absolute Gasteiger partial charge is 0.493 e. The average Bonchev–Trinajstić information content (AvgIpc) is 2.66. The highest BCUT2D eigenvalue weighted by Crippen LogP contribution is 2.38. The molecule has 1 heterocycles. The van der Waals surface area contributed by atoms with Gasteiger partial charge in [0.2, 0.25) is 0 Å². The lowest BCUT2D eigenvalue weighted by atomic mass is 9.92. The number of nitrogens with zero attached hydrogens (tertiary/aromatic N) is 1. The number of benzene rings is 2. The first kappa shape index (κ1) is 19.4. The maximum Gasteiger partial charge on any atom is 0.261 e. The molecule has 0 saturated heterocycles. The summed E-state index contributed by atoms with van der Waals surface area (Å²) in [5.74, 6) is 2.01. The second-order valence-corrected chi connectivity index (χ2v) is 7.05. The van der Waals surface area contributed by atoms with Gasteiger partial charge in [0.25, 0.3) is 5.91 Å². The van der Waals surface area contributed by atoms with Gasteiger partial charge in [0.15, 0.2) is 18.1 Å². The van der Waals surface area contributed by atoms with Gasteiger partial charge >= 0.3 is 0 Å². The summed E-state index contributed by atoms with van der Waals surface area (Å²) in [5.41, 5.74) is 3.16. The molecular weight excluding hydrogens is 366 g/mol. The molecule has 0 bridgehead atoms. The Morgan fingerprint density at radius 3 is 2.52 bits per heavy atom. The van der Waals surface area contributed by atoms with E-state index in [1.807, 2.05) is 36.9 Å². The van der Waals surface area contributed by atoms with Crippen LogP contribution in [0.3, 0.4) is 0 Å². The van der Waals surface area contributed by atoms with Crippen LogP contribution in [-0.4, -0.2) is 38.2 Å². The average molecular weight is 390 g/mol. The number of aryl methyl sites for hydroxylation is 1. The van der Waals surface area contributed by atoms with Crippen molar-refractivity contribution in [2.24, 2.45) is 0 Å². The summed E-state index contributed by atoms with van der Waals surface area (Å²) in [6.07, 6.45) is 0.770. The summed E-state index contributed by atoms with van der Waals surface area (Å²) in [4.78, 5) is 14.6. The minimum atomic E-state index is -0.0593. The van der Waals surface area contributed by atoms with Crippen molar-refractivity contribution in [1.82, 2.24) is 4.90 Å². The van der Waals surface area contributed by atoms with Crippen LogP contribution in [0.15, 0.2) is 30.3 Å². The normalized spacial score (nSPS) is 15.9. The lowest BCUT2D eigenvalue weighted by molar-refractivity contribution is -0.136. The Kier molecular flexibility index (Phi) is 5.80. The van der Waals surface area contributed by atoms with Crippen LogP contribution >= 0.6 is 11.6 Å². The fraction of sp³-hybridized carbons (Fsp3) is 0.381. The first-order chi connectivity index (χ1) is 12.9. The summed E-state index contributed by atoms with van der Waals surface area (Å²) in [5, 5.41) is 0.650. The van der Waals surface area contributed by atoms with Crippen molar-refractivity contribution in [3.63, 3.8) is 0 Å². The molecule has 0 radical (unpaired) electrons. The van der Waals surface area contributed by atoms with Gasteiger partial charge in [-0.3, -0.25) is 4.79 Å². The topological polar surface area (TPSA) is 48.0 Å². The summed E-state index contributed by atoms with van der Waals surface area (Å²) in [7, 11) is 3.24. The van der Waals surface area contributed by atoms with Gasteiger partial charge in [0.05, 0.1) is 20.3 Å². The first-order valence-electron chi connectivity index (χ1n) is 8.87. The molecule has 0 spiro atoms. The number of ether oxygens (including phenoxy) is 3. The van der Waals surface area contributed by atoms with Crippen LogP contribution in [0.25, 0.3) is 0 Å². The number of carbonyl (C=O) groups is 1. The minimum absolute atomic E-state index is 0.00453. The number of rotatable bonds is 5. The molecule has 0 aliphatic carbocycles. The molecule has 0 unspecified atom stereocenters. The molecule has 1 amide bonds. The molecule has 2 aromatic carbocycles. The monoisotopic (exact) mass is 389 g/mol. The Morgan fingerprint density at radius 1 is 1.15 bits per heavy atom. The van der Waals surface area contributed by atoms with Gasteiger partial charge in [-0.2, -0.15) is 0 Å². The van der Waals surface area contributed by atoms with E-state index in [1.54, 1.807) is 26.4 Å². The molecule has 2 aromatic rings. The molecule has 144 valence electrons. The van der Waals surface area contributed by atoms with Crippen molar-refractivity contribution in [3.8, 4) is 17.2 Å². The molecule has 1 aliphatic heterocycles. The van der Waals surface area contributed by atoms with E-state index >= 15 is 0 Å². The molecule has 1 atom stereocenters. The van der Waals surface area contributed by atoms with Gasteiger partial charge in [-0.15, -0.1) is 0 Å². The van der Waals surface area contributed by atoms with E-state index in [1.165, 1.54) is 5.56 Å². The molecule has 5 nitrogen and oxygen atoms in total. The van der Waals surface area contributed by atoms with Crippen LogP contribution in [0.5, 0.6) is 17.2 Å². The van der Waals surface area contributed by atoms with Gasteiger partial charge in [-0.1, -0.05) is 11.6 Å². The minimum Gasteiger partial charge on any atom is -0.493 e. The predicted octanol–water partition coefficient (Wildman–Crippen LogP) is 4.19. The molecule has 1 aliphatic rings. The van der Waals surface area contributed by atoms with Crippen molar-refractivity contribution in [2.75, 3.05) is 27.4 Å². The van der Waals surface area contributed by atoms with Gasteiger partial charge in [0.1, 0.15) is 5.75 Å². The van der Waals surface area contributed by atoms with Gasteiger partial charge in [0, 0.05) is 11.6 Å². The fourth-order valence-corrected chi connectivity index (χ4v) is 3.71. The second kappa shape index (κ2) is 8.09. The van der Waals surface area contributed by atoms with E-state index in [9.17, 15) is 4.79 Å². The van der Waals surface area contributed by atoms with Crippen LogP contribution in [0.4, 0.5) is 0 Å². The number of hydrogen-bond donors (Lipinski definition) is 0. The number of carbonyl (C=O) groups excluding carboxylic acids is 1. The van der Waals surface area contributed by atoms with Crippen molar-refractivity contribution >= 4 is 17.5 Å². The molecule has 6 heteroatoms. The third-order valence-electron chi connectivity index (χ3n) is 4.99. The molecule has 0 aromatic heterocycles. The number of halogens is 1. The molecular formula is C21H24ClNO4. The summed E-state index contributed by atoms with van der Waals surface area (Å²) in [6.45, 7) is 4.57. The standard InChI is InChI=1S/C21H24ClNO4/c1-13-9-16(22)5-6-18(13)27-12-21(24)23-8-7-15-10-19(25-3)20(26-4)11-17(15)14(23)2/h5-6,9-11,14H,7-8,12H2,1-4H3/t14-/m0/s1. The first-order valence-corrected chi connectivity index (χ1v) is 9.25.